The third kappa shape index (κ3) is 6.80. The van der Waals surface area contributed by atoms with Crippen molar-refractivity contribution in [2.45, 2.75) is 32.2 Å². The van der Waals surface area contributed by atoms with Crippen molar-refractivity contribution in [3.8, 4) is 11.1 Å². The number of nitrogens with zero attached hydrogens (tertiary/aromatic N) is 3. The van der Waals surface area contributed by atoms with Crippen molar-refractivity contribution in [3.05, 3.63) is 94.7 Å². The van der Waals surface area contributed by atoms with E-state index in [2.05, 4.69) is 42.1 Å². The number of halogens is 2. The van der Waals surface area contributed by atoms with Crippen LogP contribution in [-0.2, 0) is 11.2 Å². The first-order valence-electron chi connectivity index (χ1n) is 16.2. The van der Waals surface area contributed by atoms with Gasteiger partial charge in [-0.05, 0) is 97.0 Å². The summed E-state index contributed by atoms with van der Waals surface area (Å²) in [7, 11) is 0. The minimum atomic E-state index is -0.651. The number of nitrogen functional groups attached to an aromatic ring is 1. The predicted octanol–water partition coefficient (Wildman–Crippen LogP) is 5.64. The van der Waals surface area contributed by atoms with E-state index in [9.17, 15) is 13.6 Å². The second-order valence-electron chi connectivity index (χ2n) is 12.5. The van der Waals surface area contributed by atoms with E-state index in [1.165, 1.54) is 12.1 Å². The highest BCUT2D eigenvalue weighted by atomic mass is 19.1. The number of hydrogen-bond acceptors (Lipinski definition) is 8. The molecule has 2 fully saturated rings. The Hall–Kier alpha value is -5.07. The summed E-state index contributed by atoms with van der Waals surface area (Å²) < 4.78 is 34.0. The number of aromatic amines is 1. The quantitative estimate of drug-likeness (QED) is 0.146. The fraction of sp³-hybridized carbons (Fsp3) is 0.306. The van der Waals surface area contributed by atoms with Crippen LogP contribution < -0.4 is 26.6 Å². The number of nitrogens with two attached hydrogens (primary N) is 1. The highest BCUT2D eigenvalue weighted by Gasteiger charge is 2.22. The smallest absolute Gasteiger partial charge is 0.258 e. The largest absolute Gasteiger partial charge is 0.384 e. The molecule has 248 valence electrons. The zero-order valence-electron chi connectivity index (χ0n) is 26.7. The zero-order valence-corrected chi connectivity index (χ0v) is 26.7. The van der Waals surface area contributed by atoms with E-state index in [-0.39, 0.29) is 18.4 Å². The van der Waals surface area contributed by atoms with Crippen LogP contribution >= 0.6 is 0 Å². The number of aromatic nitrogens is 3. The lowest BCUT2D eigenvalue weighted by molar-refractivity contribution is 0.0904. The molecule has 48 heavy (non-hydrogen) atoms. The summed E-state index contributed by atoms with van der Waals surface area (Å²) in [6.07, 6.45) is 3.63. The Kier molecular flexibility index (Phi) is 8.92. The molecular weight excluding hydrogens is 614 g/mol. The molecule has 2 aliphatic rings. The Balaban J connectivity index is 1.24. The minimum absolute atomic E-state index is 0.190. The number of nitrogens with one attached hydrogen (secondary N) is 4. The average Bonchev–Trinajstić information content (AvgIpc) is 3.46. The summed E-state index contributed by atoms with van der Waals surface area (Å²) in [5.74, 6) is -0.862. The molecule has 2 aliphatic heterocycles. The molecule has 0 radical (unpaired) electrons. The predicted molar refractivity (Wildman–Crippen MR) is 185 cm³/mol. The number of piperazine rings is 1. The zero-order chi connectivity index (χ0) is 33.2. The molecule has 6 N–H and O–H groups in total. The summed E-state index contributed by atoms with van der Waals surface area (Å²) in [5.41, 5.74) is 12.7. The first kappa shape index (κ1) is 31.5. The summed E-state index contributed by atoms with van der Waals surface area (Å²) in [5, 5.41) is 18.2. The molecule has 0 unspecified atom stereocenters. The Labute approximate surface area is 277 Å². The van der Waals surface area contributed by atoms with Crippen LogP contribution in [0.1, 0.15) is 39.9 Å². The molecule has 0 bridgehead atoms. The van der Waals surface area contributed by atoms with E-state index in [0.717, 1.165) is 78.7 Å². The molecule has 1 amide bonds. The minimum Gasteiger partial charge on any atom is -0.384 e. The summed E-state index contributed by atoms with van der Waals surface area (Å²) in [4.78, 5) is 20.6. The van der Waals surface area contributed by atoms with Crippen molar-refractivity contribution in [2.24, 2.45) is 0 Å². The van der Waals surface area contributed by atoms with Gasteiger partial charge in [-0.2, -0.15) is 5.10 Å². The maximum Gasteiger partial charge on any atom is 0.258 e. The van der Waals surface area contributed by atoms with Gasteiger partial charge in [-0.25, -0.2) is 13.8 Å². The molecule has 5 aromatic rings. The van der Waals surface area contributed by atoms with E-state index >= 15 is 0 Å². The standard InChI is InChI=1S/C36H38F2N8O2/c1-21-12-34(39)41-20-31(21)29-19-33-30(16-23(29)13-22-14-24(37)17-25(38)15-22)35(45-44-33)43-36(47)28-3-2-27(46-8-6-40-7-9-46)18-32(28)42-26-4-10-48-11-5-26/h2-3,12,14-20,26,40,42H,4-11,13H2,1H3,(H2,39,41)(H2,43,44,45,47). The maximum absolute atomic E-state index is 14.2. The Morgan fingerprint density at radius 3 is 2.54 bits per heavy atom. The number of H-pyrrole nitrogens is 1. The van der Waals surface area contributed by atoms with Gasteiger partial charge in [0.2, 0.25) is 0 Å². The van der Waals surface area contributed by atoms with E-state index in [4.69, 9.17) is 10.5 Å². The Morgan fingerprint density at radius 1 is 1.02 bits per heavy atom. The monoisotopic (exact) mass is 652 g/mol. The lowest BCUT2D eigenvalue weighted by Gasteiger charge is -2.31. The highest BCUT2D eigenvalue weighted by molar-refractivity contribution is 6.11. The third-order valence-corrected chi connectivity index (χ3v) is 9.07. The molecule has 3 aromatic carbocycles. The molecule has 0 aliphatic carbocycles. The molecule has 0 saturated carbocycles. The second kappa shape index (κ2) is 13.6. The van der Waals surface area contributed by atoms with Crippen LogP contribution in [0.25, 0.3) is 22.0 Å². The van der Waals surface area contributed by atoms with E-state index in [1.807, 2.05) is 31.2 Å². The van der Waals surface area contributed by atoms with Gasteiger partial charge >= 0.3 is 0 Å². The van der Waals surface area contributed by atoms with Crippen LogP contribution in [-0.4, -0.2) is 66.5 Å². The normalized spacial score (nSPS) is 15.5. The molecular formula is C36H38F2N8O2. The SMILES string of the molecule is Cc1cc(N)ncc1-c1cc2[nH]nc(NC(=O)c3ccc(N4CCNCC4)cc3NC3CCOCC3)c2cc1Cc1cc(F)cc(F)c1. The van der Waals surface area contributed by atoms with Crippen molar-refractivity contribution in [3.63, 3.8) is 0 Å². The third-order valence-electron chi connectivity index (χ3n) is 9.07. The van der Waals surface area contributed by atoms with Crippen molar-refractivity contribution < 1.29 is 18.3 Å². The van der Waals surface area contributed by atoms with Gasteiger partial charge in [-0.3, -0.25) is 9.89 Å². The highest BCUT2D eigenvalue weighted by Crippen LogP contribution is 2.35. The number of aryl methyl sites for hydroxylation is 1. The lowest BCUT2D eigenvalue weighted by Crippen LogP contribution is -2.43. The van der Waals surface area contributed by atoms with Crippen LogP contribution in [0.2, 0.25) is 0 Å². The number of carbonyl (C=O) groups excluding carboxylic acids is 1. The van der Waals surface area contributed by atoms with Gasteiger partial charge in [0.15, 0.2) is 5.82 Å². The lowest BCUT2D eigenvalue weighted by atomic mass is 9.92. The molecule has 0 atom stereocenters. The molecule has 4 heterocycles. The summed E-state index contributed by atoms with van der Waals surface area (Å²) >= 11 is 0. The topological polar surface area (TPSA) is 133 Å². The number of fused-ring (bicyclic) bond motifs is 1. The number of benzene rings is 3. The van der Waals surface area contributed by atoms with Gasteiger partial charge in [0, 0.05) is 80.0 Å². The number of rotatable bonds is 8. The molecule has 10 nitrogen and oxygen atoms in total. The van der Waals surface area contributed by atoms with Gasteiger partial charge in [0.1, 0.15) is 17.5 Å². The van der Waals surface area contributed by atoms with E-state index in [1.54, 1.807) is 12.3 Å². The fourth-order valence-corrected chi connectivity index (χ4v) is 6.60. The van der Waals surface area contributed by atoms with Gasteiger partial charge in [0.05, 0.1) is 11.1 Å². The van der Waals surface area contributed by atoms with Gasteiger partial charge in [-0.1, -0.05) is 0 Å². The van der Waals surface area contributed by atoms with Crippen LogP contribution in [0, 0.1) is 18.6 Å². The fourth-order valence-electron chi connectivity index (χ4n) is 6.60. The van der Waals surface area contributed by atoms with Crippen molar-refractivity contribution in [1.29, 1.82) is 0 Å². The number of anilines is 4. The number of pyridine rings is 1. The maximum atomic E-state index is 14.2. The van der Waals surface area contributed by atoms with E-state index < -0.39 is 11.6 Å². The molecule has 7 rings (SSSR count). The first-order valence-corrected chi connectivity index (χ1v) is 16.2. The molecule has 0 spiro atoms. The summed E-state index contributed by atoms with van der Waals surface area (Å²) in [6, 6.07) is 15.2. The Morgan fingerprint density at radius 2 is 1.79 bits per heavy atom. The Bertz CT molecular complexity index is 1950. The van der Waals surface area contributed by atoms with E-state index in [0.29, 0.717) is 46.9 Å². The molecule has 12 heteroatoms. The molecule has 2 saturated heterocycles. The van der Waals surface area contributed by atoms with Gasteiger partial charge in [0.25, 0.3) is 5.91 Å². The number of amides is 1. The average molecular weight is 653 g/mol. The second-order valence-corrected chi connectivity index (χ2v) is 12.5. The first-order chi connectivity index (χ1) is 23.3. The van der Waals surface area contributed by atoms with Crippen LogP contribution in [0.5, 0.6) is 0 Å². The van der Waals surface area contributed by atoms with Crippen LogP contribution in [0.3, 0.4) is 0 Å². The van der Waals surface area contributed by atoms with Crippen molar-refractivity contribution in [2.75, 3.05) is 60.7 Å². The van der Waals surface area contributed by atoms with Crippen molar-refractivity contribution in [1.82, 2.24) is 20.5 Å². The van der Waals surface area contributed by atoms with Gasteiger partial charge < -0.3 is 31.3 Å². The number of ether oxygens (including phenoxy) is 1. The summed E-state index contributed by atoms with van der Waals surface area (Å²) in [6.45, 7) is 6.87. The van der Waals surface area contributed by atoms with Gasteiger partial charge in [-0.15, -0.1) is 0 Å². The van der Waals surface area contributed by atoms with Crippen LogP contribution in [0.15, 0.2) is 60.8 Å². The van der Waals surface area contributed by atoms with Crippen LogP contribution in [0.4, 0.5) is 31.8 Å². The number of hydrogen-bond donors (Lipinski definition) is 5. The van der Waals surface area contributed by atoms with Crippen molar-refractivity contribution >= 4 is 39.8 Å². The molecule has 2 aromatic heterocycles. The number of carbonyl (C=O) groups is 1.